The number of aromatic nitrogens is 1. The molecule has 1 aromatic heterocycles. The Morgan fingerprint density at radius 3 is 1.96 bits per heavy atom. The van der Waals surface area contributed by atoms with Crippen molar-refractivity contribution in [2.75, 3.05) is 11.1 Å². The first-order chi connectivity index (χ1) is 26.2. The lowest BCUT2D eigenvalue weighted by molar-refractivity contribution is 0.0698. The van der Waals surface area contributed by atoms with Gasteiger partial charge in [0.05, 0.1) is 17.3 Å². The topological polar surface area (TPSA) is 170 Å². The maximum absolute atomic E-state index is 14.1. The summed E-state index contributed by atoms with van der Waals surface area (Å²) in [5, 5.41) is 15.9. The van der Waals surface area contributed by atoms with Gasteiger partial charge in [0.25, 0.3) is 5.91 Å². The molecule has 0 unspecified atom stereocenters. The molecule has 6 aromatic rings. The van der Waals surface area contributed by atoms with E-state index >= 15 is 0 Å². The summed E-state index contributed by atoms with van der Waals surface area (Å²) >= 11 is 0. The highest BCUT2D eigenvalue weighted by atomic mass is 16.5. The smallest absolute Gasteiger partial charge is 0.408 e. The van der Waals surface area contributed by atoms with E-state index in [0.29, 0.717) is 11.3 Å². The number of carboxylic acids is 1. The van der Waals surface area contributed by atoms with Crippen molar-refractivity contribution in [3.63, 3.8) is 0 Å². The third-order valence-corrected chi connectivity index (χ3v) is 8.48. The SMILES string of the molecule is C[C@H](NC(=O)OCc1ccccc1)C(=O)c1c(N)cccc1-c1cc(-c2ccccc2OCc2ccccc2)nc(NC(=O)c2ccccc2)c1C(=O)O. The number of nitrogens with one attached hydrogen (secondary N) is 2. The second kappa shape index (κ2) is 16.8. The van der Waals surface area contributed by atoms with Crippen LogP contribution in [0, 0.1) is 0 Å². The van der Waals surface area contributed by atoms with Gasteiger partial charge in [-0.3, -0.25) is 9.59 Å². The fraction of sp³-hybridized carbons (Fsp3) is 0.0930. The van der Waals surface area contributed by atoms with Crippen LogP contribution in [-0.2, 0) is 18.0 Å². The Bertz CT molecular complexity index is 2300. The Kier molecular flexibility index (Phi) is 11.4. The molecule has 0 saturated heterocycles. The number of carbonyl (C=O) groups is 4. The number of anilines is 2. The van der Waals surface area contributed by atoms with Crippen LogP contribution in [0.15, 0.2) is 140 Å². The fourth-order valence-electron chi connectivity index (χ4n) is 5.80. The van der Waals surface area contributed by atoms with Gasteiger partial charge >= 0.3 is 12.1 Å². The summed E-state index contributed by atoms with van der Waals surface area (Å²) in [5.41, 5.74) is 8.94. The van der Waals surface area contributed by atoms with Crippen LogP contribution in [-0.4, -0.2) is 39.9 Å². The third kappa shape index (κ3) is 8.60. The summed E-state index contributed by atoms with van der Waals surface area (Å²) in [6.07, 6.45) is -0.828. The number of alkyl carbamates (subject to hydrolysis) is 1. The van der Waals surface area contributed by atoms with E-state index in [1.54, 1.807) is 78.9 Å². The molecule has 1 atom stereocenters. The number of aromatic carboxylic acids is 1. The minimum atomic E-state index is -1.42. The molecule has 11 nitrogen and oxygen atoms in total. The van der Waals surface area contributed by atoms with Gasteiger partial charge in [0, 0.05) is 22.4 Å². The highest BCUT2D eigenvalue weighted by Crippen LogP contribution is 2.39. The molecule has 0 aliphatic rings. The zero-order chi connectivity index (χ0) is 38.0. The van der Waals surface area contributed by atoms with Gasteiger partial charge in [0.2, 0.25) is 0 Å². The van der Waals surface area contributed by atoms with E-state index in [0.717, 1.165) is 11.1 Å². The number of carbonyl (C=O) groups excluding carboxylic acids is 3. The van der Waals surface area contributed by atoms with Crippen LogP contribution < -0.4 is 21.1 Å². The van der Waals surface area contributed by atoms with Crippen LogP contribution in [0.2, 0.25) is 0 Å². The Morgan fingerprint density at radius 1 is 0.704 bits per heavy atom. The summed E-state index contributed by atoms with van der Waals surface area (Å²) < 4.78 is 11.5. The van der Waals surface area contributed by atoms with E-state index in [-0.39, 0.29) is 58.2 Å². The molecule has 11 heteroatoms. The molecule has 5 N–H and O–H groups in total. The summed E-state index contributed by atoms with van der Waals surface area (Å²) in [7, 11) is 0. The zero-order valence-electron chi connectivity index (χ0n) is 29.2. The highest BCUT2D eigenvalue weighted by Gasteiger charge is 2.29. The zero-order valence-corrected chi connectivity index (χ0v) is 29.2. The Balaban J connectivity index is 1.43. The van der Waals surface area contributed by atoms with Crippen molar-refractivity contribution in [1.29, 1.82) is 0 Å². The maximum atomic E-state index is 14.1. The van der Waals surface area contributed by atoms with Gasteiger partial charge in [-0.25, -0.2) is 14.6 Å². The largest absolute Gasteiger partial charge is 0.488 e. The number of nitrogens with zero attached hydrogens (tertiary/aromatic N) is 1. The molecule has 0 saturated carbocycles. The molecule has 5 aromatic carbocycles. The number of ketones is 1. The number of carboxylic acid groups (broad SMARTS) is 1. The monoisotopic (exact) mass is 720 g/mol. The highest BCUT2D eigenvalue weighted by molar-refractivity contribution is 6.14. The van der Waals surface area contributed by atoms with E-state index in [9.17, 15) is 24.3 Å². The number of Topliss-reactive ketones (excluding diaryl/α,β-unsaturated/α-hetero) is 1. The molecule has 270 valence electrons. The lowest BCUT2D eigenvalue weighted by Crippen LogP contribution is -2.39. The quantitative estimate of drug-likeness (QED) is 0.0681. The fourth-order valence-corrected chi connectivity index (χ4v) is 5.80. The number of rotatable bonds is 13. The molecule has 0 aliphatic heterocycles. The van der Waals surface area contributed by atoms with E-state index in [2.05, 4.69) is 15.6 Å². The van der Waals surface area contributed by atoms with Crippen molar-refractivity contribution in [3.05, 3.63) is 167 Å². The predicted molar refractivity (Wildman–Crippen MR) is 205 cm³/mol. The van der Waals surface area contributed by atoms with E-state index in [4.69, 9.17) is 15.2 Å². The number of amides is 2. The van der Waals surface area contributed by atoms with Crippen molar-refractivity contribution in [2.45, 2.75) is 26.2 Å². The molecule has 54 heavy (non-hydrogen) atoms. The predicted octanol–water partition coefficient (Wildman–Crippen LogP) is 8.02. The van der Waals surface area contributed by atoms with Gasteiger partial charge < -0.3 is 30.9 Å². The Labute approximate surface area is 311 Å². The molecule has 0 spiro atoms. The van der Waals surface area contributed by atoms with Crippen LogP contribution in [0.25, 0.3) is 22.4 Å². The van der Waals surface area contributed by atoms with Gasteiger partial charge in [0.15, 0.2) is 5.78 Å². The molecular formula is C43H36N4O7. The van der Waals surface area contributed by atoms with Gasteiger partial charge in [0.1, 0.15) is 30.3 Å². The molecule has 0 fully saturated rings. The summed E-state index contributed by atoms with van der Waals surface area (Å²) in [6.45, 7) is 1.70. The standard InChI is InChI=1S/C43H36N4O7/c1-27(45-43(52)54-26-29-16-7-3-8-17-29)39(48)37-31(21-13-22-34(37)44)33-24-35(32-20-11-12-23-36(32)53-25-28-14-5-2-6-15-28)46-40(38(33)42(50)51)47-41(49)30-18-9-4-10-19-30/h2-24,27H,25-26,44H2,1H3,(H,45,52)(H,50,51)(H,46,47,49)/t27-/m0/s1. The average molecular weight is 721 g/mol. The summed E-state index contributed by atoms with van der Waals surface area (Å²) in [4.78, 5) is 58.1. The molecule has 0 radical (unpaired) electrons. The second-order valence-corrected chi connectivity index (χ2v) is 12.2. The molecule has 6 rings (SSSR count). The van der Waals surface area contributed by atoms with Crippen LogP contribution in [0.3, 0.4) is 0 Å². The minimum Gasteiger partial charge on any atom is -0.488 e. The van der Waals surface area contributed by atoms with Crippen molar-refractivity contribution in [3.8, 4) is 28.1 Å². The number of nitrogens with two attached hydrogens (primary N) is 1. The number of hydrogen-bond acceptors (Lipinski definition) is 8. The number of pyridine rings is 1. The number of para-hydroxylation sites is 1. The average Bonchev–Trinajstić information content (AvgIpc) is 3.19. The lowest BCUT2D eigenvalue weighted by atomic mass is 9.89. The molecule has 2 amide bonds. The second-order valence-electron chi connectivity index (χ2n) is 12.2. The van der Waals surface area contributed by atoms with Gasteiger partial charge in [-0.15, -0.1) is 0 Å². The third-order valence-electron chi connectivity index (χ3n) is 8.48. The van der Waals surface area contributed by atoms with Gasteiger partial charge in [-0.2, -0.15) is 0 Å². The van der Waals surface area contributed by atoms with Crippen molar-refractivity contribution in [1.82, 2.24) is 10.3 Å². The summed E-state index contributed by atoms with van der Waals surface area (Å²) in [5.74, 6) is -2.44. The molecule has 0 bridgehead atoms. The van der Waals surface area contributed by atoms with E-state index < -0.39 is 29.8 Å². The maximum Gasteiger partial charge on any atom is 0.408 e. The first-order valence-corrected chi connectivity index (χ1v) is 17.0. The van der Waals surface area contributed by atoms with Crippen molar-refractivity contribution >= 4 is 35.3 Å². The first kappa shape index (κ1) is 36.5. The first-order valence-electron chi connectivity index (χ1n) is 17.0. The van der Waals surface area contributed by atoms with Crippen LogP contribution >= 0.6 is 0 Å². The van der Waals surface area contributed by atoms with Gasteiger partial charge in [-0.1, -0.05) is 103 Å². The van der Waals surface area contributed by atoms with Crippen LogP contribution in [0.1, 0.15) is 49.1 Å². The number of hydrogen-bond donors (Lipinski definition) is 4. The van der Waals surface area contributed by atoms with E-state index in [1.165, 1.54) is 19.1 Å². The number of ether oxygens (including phenoxy) is 2. The van der Waals surface area contributed by atoms with Gasteiger partial charge in [-0.05, 0) is 60.0 Å². The van der Waals surface area contributed by atoms with Crippen molar-refractivity contribution < 1.29 is 33.8 Å². The molecule has 0 aliphatic carbocycles. The number of benzene rings is 5. The van der Waals surface area contributed by atoms with Crippen LogP contribution in [0.4, 0.5) is 16.3 Å². The Morgan fingerprint density at radius 2 is 1.30 bits per heavy atom. The Hall–Kier alpha value is -7.27. The summed E-state index contributed by atoms with van der Waals surface area (Å²) in [6, 6.07) is 39.0. The lowest BCUT2D eigenvalue weighted by Gasteiger charge is -2.20. The van der Waals surface area contributed by atoms with Crippen molar-refractivity contribution in [2.24, 2.45) is 0 Å². The van der Waals surface area contributed by atoms with Crippen LogP contribution in [0.5, 0.6) is 5.75 Å². The normalized spacial score (nSPS) is 11.2. The minimum absolute atomic E-state index is 0.0118. The van der Waals surface area contributed by atoms with E-state index in [1.807, 2.05) is 48.5 Å². The molecule has 1 heterocycles. The number of nitrogen functional groups attached to an aromatic ring is 1. The molecular weight excluding hydrogens is 684 g/mol.